The van der Waals surface area contributed by atoms with E-state index in [0.717, 1.165) is 12.4 Å². The molecule has 1 aromatic heterocycles. The van der Waals surface area contributed by atoms with Crippen molar-refractivity contribution in [2.24, 2.45) is 0 Å². The molecule has 0 atom stereocenters. The van der Waals surface area contributed by atoms with Gasteiger partial charge in [-0.1, -0.05) is 0 Å². The van der Waals surface area contributed by atoms with Crippen LogP contribution in [-0.2, 0) is 9.53 Å². The number of rotatable bonds is 6. The topological polar surface area (TPSA) is 79.4 Å². The van der Waals surface area contributed by atoms with Crippen LogP contribution in [0.1, 0.15) is 13.3 Å². The summed E-state index contributed by atoms with van der Waals surface area (Å²) in [7, 11) is 0. The zero-order valence-electron chi connectivity index (χ0n) is 11.8. The minimum absolute atomic E-state index is 0.150. The predicted octanol–water partition coefficient (Wildman–Crippen LogP) is 0.569. The maximum Gasteiger partial charge on any atom is 0.224 e. The summed E-state index contributed by atoms with van der Waals surface area (Å²) >= 11 is 0. The summed E-state index contributed by atoms with van der Waals surface area (Å²) in [6, 6.07) is 0. The highest BCUT2D eigenvalue weighted by molar-refractivity contribution is 5.76. The molecule has 1 aliphatic rings. The molecule has 1 aliphatic heterocycles. The Morgan fingerprint density at radius 1 is 1.30 bits per heavy atom. The molecule has 0 bridgehead atoms. The molecule has 1 aromatic rings. The van der Waals surface area contributed by atoms with Gasteiger partial charge in [0.1, 0.15) is 11.6 Å². The first-order valence-electron chi connectivity index (χ1n) is 6.95. The zero-order chi connectivity index (χ0) is 14.2. The number of anilines is 2. The lowest BCUT2D eigenvalue weighted by Crippen LogP contribution is -2.41. The molecule has 0 unspecified atom stereocenters. The number of carbonyl (C=O) groups is 1. The third-order valence-electron chi connectivity index (χ3n) is 3.00. The molecule has 2 rings (SSSR count). The SMILES string of the molecule is CCNc1cncc(NCCC(=O)N2CCOCC2)n1. The van der Waals surface area contributed by atoms with Crippen LogP contribution in [0.5, 0.6) is 0 Å². The van der Waals surface area contributed by atoms with Gasteiger partial charge in [-0.25, -0.2) is 4.98 Å². The van der Waals surface area contributed by atoms with Crippen LogP contribution in [-0.4, -0.2) is 60.2 Å². The summed E-state index contributed by atoms with van der Waals surface area (Å²) in [5, 5.41) is 6.22. The molecule has 0 radical (unpaired) electrons. The van der Waals surface area contributed by atoms with Crippen LogP contribution in [0, 0.1) is 0 Å². The number of carbonyl (C=O) groups excluding carboxylic acids is 1. The van der Waals surface area contributed by atoms with E-state index >= 15 is 0 Å². The van der Waals surface area contributed by atoms with Gasteiger partial charge in [0.15, 0.2) is 0 Å². The molecule has 20 heavy (non-hydrogen) atoms. The number of hydrogen-bond acceptors (Lipinski definition) is 6. The Kier molecular flexibility index (Phi) is 5.55. The Morgan fingerprint density at radius 2 is 2.00 bits per heavy atom. The van der Waals surface area contributed by atoms with E-state index in [4.69, 9.17) is 4.74 Å². The Labute approximate surface area is 118 Å². The monoisotopic (exact) mass is 279 g/mol. The molecule has 7 heteroatoms. The van der Waals surface area contributed by atoms with Gasteiger partial charge in [-0.3, -0.25) is 9.78 Å². The molecule has 2 N–H and O–H groups in total. The maximum absolute atomic E-state index is 11.9. The summed E-state index contributed by atoms with van der Waals surface area (Å²) in [5.74, 6) is 1.56. The fourth-order valence-corrected chi connectivity index (χ4v) is 1.99. The zero-order valence-corrected chi connectivity index (χ0v) is 11.8. The lowest BCUT2D eigenvalue weighted by molar-refractivity contribution is -0.134. The van der Waals surface area contributed by atoms with E-state index in [9.17, 15) is 4.79 Å². The molecule has 0 aliphatic carbocycles. The first kappa shape index (κ1) is 14.5. The molecular formula is C13H21N5O2. The fourth-order valence-electron chi connectivity index (χ4n) is 1.99. The van der Waals surface area contributed by atoms with Gasteiger partial charge in [-0.05, 0) is 6.92 Å². The van der Waals surface area contributed by atoms with Gasteiger partial charge in [-0.2, -0.15) is 0 Å². The minimum atomic E-state index is 0.150. The van der Waals surface area contributed by atoms with Crippen molar-refractivity contribution in [3.8, 4) is 0 Å². The van der Waals surface area contributed by atoms with Gasteiger partial charge >= 0.3 is 0 Å². The van der Waals surface area contributed by atoms with Gasteiger partial charge < -0.3 is 20.3 Å². The highest BCUT2D eigenvalue weighted by atomic mass is 16.5. The number of nitrogens with one attached hydrogen (secondary N) is 2. The third kappa shape index (κ3) is 4.34. The Bertz CT molecular complexity index is 435. The van der Waals surface area contributed by atoms with E-state index in [-0.39, 0.29) is 5.91 Å². The van der Waals surface area contributed by atoms with Gasteiger partial charge in [-0.15, -0.1) is 0 Å². The van der Waals surface area contributed by atoms with Crippen molar-refractivity contribution >= 4 is 17.5 Å². The lowest BCUT2D eigenvalue weighted by Gasteiger charge is -2.26. The largest absolute Gasteiger partial charge is 0.378 e. The number of aromatic nitrogens is 2. The summed E-state index contributed by atoms with van der Waals surface area (Å²) in [6.45, 7) is 6.00. The average Bonchev–Trinajstić information content (AvgIpc) is 2.49. The second kappa shape index (κ2) is 7.64. The number of amides is 1. The van der Waals surface area contributed by atoms with Crippen LogP contribution >= 0.6 is 0 Å². The number of hydrogen-bond donors (Lipinski definition) is 2. The van der Waals surface area contributed by atoms with Crippen molar-refractivity contribution in [2.45, 2.75) is 13.3 Å². The van der Waals surface area contributed by atoms with Crippen LogP contribution in [0.15, 0.2) is 12.4 Å². The number of morpholine rings is 1. The molecule has 2 heterocycles. The van der Waals surface area contributed by atoms with Crippen LogP contribution in [0.25, 0.3) is 0 Å². The second-order valence-electron chi connectivity index (χ2n) is 4.49. The molecule has 7 nitrogen and oxygen atoms in total. The van der Waals surface area contributed by atoms with E-state index in [1.165, 1.54) is 0 Å². The van der Waals surface area contributed by atoms with Crippen molar-refractivity contribution in [3.05, 3.63) is 12.4 Å². The van der Waals surface area contributed by atoms with Crippen LogP contribution < -0.4 is 10.6 Å². The molecule has 110 valence electrons. The minimum Gasteiger partial charge on any atom is -0.378 e. The fraction of sp³-hybridized carbons (Fsp3) is 0.615. The first-order chi connectivity index (χ1) is 9.79. The molecule has 0 spiro atoms. The molecule has 1 amide bonds. The summed E-state index contributed by atoms with van der Waals surface area (Å²) in [6.07, 6.45) is 3.78. The average molecular weight is 279 g/mol. The van der Waals surface area contributed by atoms with E-state index in [0.29, 0.717) is 45.1 Å². The summed E-state index contributed by atoms with van der Waals surface area (Å²) < 4.78 is 5.23. The maximum atomic E-state index is 11.9. The van der Waals surface area contributed by atoms with Crippen molar-refractivity contribution < 1.29 is 9.53 Å². The molecular weight excluding hydrogens is 258 g/mol. The van der Waals surface area contributed by atoms with Gasteiger partial charge in [0.05, 0.1) is 25.6 Å². The van der Waals surface area contributed by atoms with Crippen molar-refractivity contribution in [1.29, 1.82) is 0 Å². The highest BCUT2D eigenvalue weighted by Gasteiger charge is 2.15. The normalized spacial score (nSPS) is 14.9. The Morgan fingerprint density at radius 3 is 2.70 bits per heavy atom. The van der Waals surface area contributed by atoms with E-state index in [1.807, 2.05) is 11.8 Å². The quantitative estimate of drug-likeness (QED) is 0.792. The number of ether oxygens (including phenoxy) is 1. The van der Waals surface area contributed by atoms with Crippen LogP contribution in [0.3, 0.4) is 0 Å². The van der Waals surface area contributed by atoms with Gasteiger partial charge in [0, 0.05) is 32.6 Å². The lowest BCUT2D eigenvalue weighted by atomic mass is 10.3. The second-order valence-corrected chi connectivity index (χ2v) is 4.49. The Balaban J connectivity index is 1.74. The summed E-state index contributed by atoms with van der Waals surface area (Å²) in [5.41, 5.74) is 0. The smallest absolute Gasteiger partial charge is 0.224 e. The summed E-state index contributed by atoms with van der Waals surface area (Å²) in [4.78, 5) is 22.2. The van der Waals surface area contributed by atoms with Crippen molar-refractivity contribution in [1.82, 2.24) is 14.9 Å². The predicted molar refractivity (Wildman–Crippen MR) is 76.7 cm³/mol. The van der Waals surface area contributed by atoms with E-state index in [2.05, 4.69) is 20.6 Å². The number of nitrogens with zero attached hydrogens (tertiary/aromatic N) is 3. The Hall–Kier alpha value is -1.89. The highest BCUT2D eigenvalue weighted by Crippen LogP contribution is 2.07. The van der Waals surface area contributed by atoms with Crippen molar-refractivity contribution in [3.63, 3.8) is 0 Å². The van der Waals surface area contributed by atoms with Crippen LogP contribution in [0.2, 0.25) is 0 Å². The van der Waals surface area contributed by atoms with Gasteiger partial charge in [0.25, 0.3) is 0 Å². The third-order valence-corrected chi connectivity index (χ3v) is 3.00. The first-order valence-corrected chi connectivity index (χ1v) is 6.95. The molecule has 1 saturated heterocycles. The van der Waals surface area contributed by atoms with Crippen molar-refractivity contribution in [2.75, 3.05) is 50.0 Å². The molecule has 0 aromatic carbocycles. The van der Waals surface area contributed by atoms with E-state index < -0.39 is 0 Å². The van der Waals surface area contributed by atoms with Gasteiger partial charge in [0.2, 0.25) is 5.91 Å². The molecule has 0 saturated carbocycles. The van der Waals surface area contributed by atoms with Crippen LogP contribution in [0.4, 0.5) is 11.6 Å². The standard InChI is InChI=1S/C13H21N5O2/c1-2-15-11-9-14-10-12(17-11)16-4-3-13(19)18-5-7-20-8-6-18/h9-10H,2-8H2,1H3,(H2,15,16,17). The molecule has 1 fully saturated rings. The van der Waals surface area contributed by atoms with E-state index in [1.54, 1.807) is 12.4 Å².